The minimum atomic E-state index is -4.42. The second-order valence-corrected chi connectivity index (χ2v) is 5.04. The number of aryl methyl sites for hydroxylation is 2. The van der Waals surface area contributed by atoms with Crippen LogP contribution >= 0.6 is 0 Å². The van der Waals surface area contributed by atoms with Gasteiger partial charge in [0.05, 0.1) is 11.3 Å². The van der Waals surface area contributed by atoms with Crippen LogP contribution in [0.4, 0.5) is 18.9 Å². The molecule has 0 radical (unpaired) electrons. The standard InChI is InChI=1S/C15H16F3N3O/c1-9-13(10(2)21-20-9)6-7-14(22)19-12-5-3-4-11(8-12)15(16,17)18/h3-5,8H,6-7H2,1-2H3,(H,19,22)(H,20,21). The largest absolute Gasteiger partial charge is 0.416 e. The van der Waals surface area contributed by atoms with Gasteiger partial charge in [0, 0.05) is 17.8 Å². The zero-order valence-corrected chi connectivity index (χ0v) is 12.2. The zero-order chi connectivity index (χ0) is 16.3. The van der Waals surface area contributed by atoms with Gasteiger partial charge in [-0.1, -0.05) is 6.07 Å². The van der Waals surface area contributed by atoms with E-state index in [-0.39, 0.29) is 18.0 Å². The minimum Gasteiger partial charge on any atom is -0.326 e. The number of carbonyl (C=O) groups excluding carboxylic acids is 1. The molecule has 0 saturated carbocycles. The van der Waals surface area contributed by atoms with Crippen molar-refractivity contribution in [1.82, 2.24) is 10.2 Å². The average Bonchev–Trinajstić information content (AvgIpc) is 2.75. The van der Waals surface area contributed by atoms with Gasteiger partial charge in [-0.15, -0.1) is 0 Å². The first kappa shape index (κ1) is 16.1. The van der Waals surface area contributed by atoms with E-state index in [2.05, 4.69) is 15.5 Å². The molecule has 0 aliphatic heterocycles. The molecular weight excluding hydrogens is 295 g/mol. The van der Waals surface area contributed by atoms with Crippen LogP contribution in [0, 0.1) is 13.8 Å². The van der Waals surface area contributed by atoms with Crippen LogP contribution in [-0.2, 0) is 17.4 Å². The smallest absolute Gasteiger partial charge is 0.326 e. The predicted molar refractivity (Wildman–Crippen MR) is 76.5 cm³/mol. The summed E-state index contributed by atoms with van der Waals surface area (Å²) in [5, 5.41) is 9.35. The van der Waals surface area contributed by atoms with E-state index >= 15 is 0 Å². The number of hydrogen-bond donors (Lipinski definition) is 2. The molecule has 7 heteroatoms. The third-order valence-electron chi connectivity index (χ3n) is 3.36. The van der Waals surface area contributed by atoms with Crippen molar-refractivity contribution in [2.24, 2.45) is 0 Å². The lowest BCUT2D eigenvalue weighted by Gasteiger charge is -2.10. The Morgan fingerprint density at radius 1 is 1.32 bits per heavy atom. The van der Waals surface area contributed by atoms with Crippen molar-refractivity contribution in [2.75, 3.05) is 5.32 Å². The molecule has 0 fully saturated rings. The Morgan fingerprint density at radius 2 is 2.05 bits per heavy atom. The van der Waals surface area contributed by atoms with Crippen LogP contribution in [0.3, 0.4) is 0 Å². The molecule has 0 aliphatic rings. The Labute approximate surface area is 125 Å². The molecule has 2 N–H and O–H groups in total. The van der Waals surface area contributed by atoms with Gasteiger partial charge >= 0.3 is 6.18 Å². The number of nitrogens with one attached hydrogen (secondary N) is 2. The lowest BCUT2D eigenvalue weighted by Crippen LogP contribution is -2.13. The maximum Gasteiger partial charge on any atom is 0.416 e. The molecule has 118 valence electrons. The molecule has 2 aromatic rings. The molecule has 2 rings (SSSR count). The third-order valence-corrected chi connectivity index (χ3v) is 3.36. The van der Waals surface area contributed by atoms with E-state index in [1.807, 2.05) is 13.8 Å². The SMILES string of the molecule is Cc1n[nH]c(C)c1CCC(=O)Nc1cccc(C(F)(F)F)c1. The van der Waals surface area contributed by atoms with Crippen LogP contribution in [0.1, 0.15) is 28.9 Å². The van der Waals surface area contributed by atoms with E-state index < -0.39 is 11.7 Å². The number of H-pyrrole nitrogens is 1. The Kier molecular flexibility index (Phi) is 4.54. The number of carbonyl (C=O) groups is 1. The summed E-state index contributed by atoms with van der Waals surface area (Å²) in [6.07, 6.45) is -3.76. The molecule has 4 nitrogen and oxygen atoms in total. The summed E-state index contributed by atoms with van der Waals surface area (Å²) >= 11 is 0. The van der Waals surface area contributed by atoms with E-state index in [4.69, 9.17) is 0 Å². The van der Waals surface area contributed by atoms with Crippen molar-refractivity contribution in [3.05, 3.63) is 46.8 Å². The molecule has 0 bridgehead atoms. The number of nitrogens with zero attached hydrogens (tertiary/aromatic N) is 1. The first-order valence-corrected chi connectivity index (χ1v) is 6.75. The second kappa shape index (κ2) is 6.21. The molecule has 0 saturated heterocycles. The van der Waals surface area contributed by atoms with Crippen molar-refractivity contribution in [3.8, 4) is 0 Å². The lowest BCUT2D eigenvalue weighted by atomic mass is 10.1. The van der Waals surface area contributed by atoms with Gasteiger partial charge in [0.1, 0.15) is 0 Å². The van der Waals surface area contributed by atoms with Crippen LogP contribution in [0.15, 0.2) is 24.3 Å². The molecule has 0 unspecified atom stereocenters. The van der Waals surface area contributed by atoms with Crippen LogP contribution in [0.25, 0.3) is 0 Å². The van der Waals surface area contributed by atoms with Gasteiger partial charge in [-0.25, -0.2) is 0 Å². The first-order valence-electron chi connectivity index (χ1n) is 6.75. The second-order valence-electron chi connectivity index (χ2n) is 5.04. The average molecular weight is 311 g/mol. The summed E-state index contributed by atoms with van der Waals surface area (Å²) in [7, 11) is 0. The Balaban J connectivity index is 1.98. The molecule has 1 heterocycles. The van der Waals surface area contributed by atoms with Crippen molar-refractivity contribution in [1.29, 1.82) is 0 Å². The van der Waals surface area contributed by atoms with Crippen molar-refractivity contribution in [3.63, 3.8) is 0 Å². The Hall–Kier alpha value is -2.31. The molecule has 0 spiro atoms. The van der Waals surface area contributed by atoms with Gasteiger partial charge < -0.3 is 5.32 Å². The topological polar surface area (TPSA) is 57.8 Å². The fourth-order valence-electron chi connectivity index (χ4n) is 2.18. The number of rotatable bonds is 4. The number of aromatic nitrogens is 2. The molecule has 1 amide bonds. The van der Waals surface area contributed by atoms with Crippen molar-refractivity contribution >= 4 is 11.6 Å². The summed E-state index contributed by atoms with van der Waals surface area (Å²) in [6.45, 7) is 3.70. The number of amides is 1. The fraction of sp³-hybridized carbons (Fsp3) is 0.333. The zero-order valence-electron chi connectivity index (χ0n) is 12.2. The number of hydrogen-bond acceptors (Lipinski definition) is 2. The summed E-state index contributed by atoms with van der Waals surface area (Å²) < 4.78 is 37.8. The van der Waals surface area contributed by atoms with Gasteiger partial charge in [-0.05, 0) is 44.0 Å². The number of benzene rings is 1. The summed E-state index contributed by atoms with van der Waals surface area (Å²) in [5.41, 5.74) is 2.03. The van der Waals surface area contributed by atoms with Crippen molar-refractivity contribution < 1.29 is 18.0 Å². The van der Waals surface area contributed by atoms with Crippen LogP contribution in [0.5, 0.6) is 0 Å². The highest BCUT2D eigenvalue weighted by molar-refractivity contribution is 5.90. The minimum absolute atomic E-state index is 0.139. The van der Waals surface area contributed by atoms with E-state index in [9.17, 15) is 18.0 Å². The lowest BCUT2D eigenvalue weighted by molar-refractivity contribution is -0.137. The number of anilines is 1. The van der Waals surface area contributed by atoms with E-state index in [0.29, 0.717) is 6.42 Å². The predicted octanol–water partition coefficient (Wildman–Crippen LogP) is 3.62. The first-order chi connectivity index (χ1) is 10.3. The van der Waals surface area contributed by atoms with Gasteiger partial charge in [0.15, 0.2) is 0 Å². The summed E-state index contributed by atoms with van der Waals surface area (Å²) in [4.78, 5) is 11.9. The quantitative estimate of drug-likeness (QED) is 0.906. The molecule has 22 heavy (non-hydrogen) atoms. The number of alkyl halides is 3. The van der Waals surface area contributed by atoms with E-state index in [1.165, 1.54) is 12.1 Å². The normalized spacial score (nSPS) is 11.5. The highest BCUT2D eigenvalue weighted by Crippen LogP contribution is 2.30. The number of halogens is 3. The van der Waals surface area contributed by atoms with Gasteiger partial charge in [-0.3, -0.25) is 9.89 Å². The fourth-order valence-corrected chi connectivity index (χ4v) is 2.18. The van der Waals surface area contributed by atoms with Gasteiger partial charge in [0.25, 0.3) is 0 Å². The monoisotopic (exact) mass is 311 g/mol. The van der Waals surface area contributed by atoms with Crippen molar-refractivity contribution in [2.45, 2.75) is 32.9 Å². The summed E-state index contributed by atoms with van der Waals surface area (Å²) in [6, 6.07) is 4.59. The van der Waals surface area contributed by atoms with Crippen LogP contribution < -0.4 is 5.32 Å². The van der Waals surface area contributed by atoms with Crippen LogP contribution in [0.2, 0.25) is 0 Å². The maximum atomic E-state index is 12.6. The van der Waals surface area contributed by atoms with Gasteiger partial charge in [0.2, 0.25) is 5.91 Å². The highest BCUT2D eigenvalue weighted by Gasteiger charge is 2.30. The van der Waals surface area contributed by atoms with Gasteiger partial charge in [-0.2, -0.15) is 18.3 Å². The highest BCUT2D eigenvalue weighted by atomic mass is 19.4. The van der Waals surface area contributed by atoms with Crippen LogP contribution in [-0.4, -0.2) is 16.1 Å². The Morgan fingerprint density at radius 3 is 2.64 bits per heavy atom. The number of aromatic amines is 1. The summed E-state index contributed by atoms with van der Waals surface area (Å²) in [5.74, 6) is -0.334. The van der Waals surface area contributed by atoms with E-state index in [1.54, 1.807) is 0 Å². The Bertz CT molecular complexity index is 657. The molecule has 0 aliphatic carbocycles. The molecule has 0 atom stereocenters. The molecule has 1 aromatic carbocycles. The van der Waals surface area contributed by atoms with E-state index in [0.717, 1.165) is 29.1 Å². The third kappa shape index (κ3) is 3.87. The maximum absolute atomic E-state index is 12.6. The molecular formula is C15H16F3N3O. The molecule has 1 aromatic heterocycles.